The molecule has 3 aromatic rings. The van der Waals surface area contributed by atoms with Gasteiger partial charge in [-0.25, -0.2) is 4.98 Å². The van der Waals surface area contributed by atoms with Crippen LogP contribution in [0.2, 0.25) is 0 Å². The Balaban J connectivity index is 1.89. The van der Waals surface area contributed by atoms with Crippen LogP contribution in [0.15, 0.2) is 71.8 Å². The highest BCUT2D eigenvalue weighted by Crippen LogP contribution is 2.60. The van der Waals surface area contributed by atoms with Gasteiger partial charge in [-0.15, -0.1) is 11.7 Å². The van der Waals surface area contributed by atoms with Gasteiger partial charge in [0, 0.05) is 29.4 Å². The first-order chi connectivity index (χ1) is 13.8. The van der Waals surface area contributed by atoms with E-state index in [0.717, 1.165) is 23.0 Å². The molecule has 154 valence electrons. The molecule has 1 heterocycles. The van der Waals surface area contributed by atoms with E-state index < -0.39 is 23.2 Å². The quantitative estimate of drug-likeness (QED) is 0.361. The Morgan fingerprint density at radius 1 is 0.931 bits per heavy atom. The Morgan fingerprint density at radius 3 is 2.10 bits per heavy atom. The molecule has 0 aliphatic carbocycles. The molecule has 0 N–H and O–H groups in total. The molecule has 29 heavy (non-hydrogen) atoms. The lowest BCUT2D eigenvalue weighted by molar-refractivity contribution is 0.464. The number of nitrogens with zero attached hydrogens (tertiary/aromatic N) is 1. The van der Waals surface area contributed by atoms with Crippen molar-refractivity contribution >= 4 is 23.6 Å². The van der Waals surface area contributed by atoms with Crippen molar-refractivity contribution in [2.45, 2.75) is 18.7 Å². The summed E-state index contributed by atoms with van der Waals surface area (Å²) in [6.45, 7) is 3.85. The lowest BCUT2D eigenvalue weighted by Crippen LogP contribution is -2.08. The maximum absolute atomic E-state index is 12.9. The van der Waals surface area contributed by atoms with Crippen LogP contribution in [0.1, 0.15) is 13.8 Å². The fourth-order valence-corrected chi connectivity index (χ4v) is 5.28. The Bertz CT molecular complexity index is 1010. The molecule has 3 nitrogen and oxygen atoms in total. The number of pyridine rings is 1. The van der Waals surface area contributed by atoms with Crippen LogP contribution in [0, 0.1) is 0 Å². The SMILES string of the molecule is CCP(=O)(CC)c1ccc(-c2cccnc2Oc2ccc(S(F)(F)F)cc2)cc1. The van der Waals surface area contributed by atoms with E-state index in [1.807, 2.05) is 44.2 Å². The predicted octanol–water partition coefficient (Wildman–Crippen LogP) is 7.39. The third-order valence-corrected chi connectivity index (χ3v) is 8.84. The van der Waals surface area contributed by atoms with Crippen molar-refractivity contribution in [3.63, 3.8) is 0 Å². The number of hydrogen-bond donors (Lipinski definition) is 0. The van der Waals surface area contributed by atoms with Gasteiger partial charge in [-0.05, 0) is 42.0 Å². The number of hydrogen-bond acceptors (Lipinski definition) is 3. The van der Waals surface area contributed by atoms with Gasteiger partial charge in [0.2, 0.25) is 17.1 Å². The van der Waals surface area contributed by atoms with Gasteiger partial charge in [-0.1, -0.05) is 38.1 Å². The first-order valence-electron chi connectivity index (χ1n) is 9.11. The highest BCUT2D eigenvalue weighted by Gasteiger charge is 2.24. The first-order valence-corrected chi connectivity index (χ1v) is 12.5. The van der Waals surface area contributed by atoms with Gasteiger partial charge < -0.3 is 9.30 Å². The fourth-order valence-electron chi connectivity index (χ4n) is 2.97. The zero-order valence-corrected chi connectivity index (χ0v) is 17.7. The van der Waals surface area contributed by atoms with Crippen molar-refractivity contribution in [1.29, 1.82) is 0 Å². The molecule has 8 heteroatoms. The predicted molar refractivity (Wildman–Crippen MR) is 114 cm³/mol. The number of halogens is 3. The number of rotatable bonds is 7. The van der Waals surface area contributed by atoms with Crippen LogP contribution in [-0.4, -0.2) is 17.3 Å². The molecule has 0 fully saturated rings. The molecule has 0 bridgehead atoms. The number of ether oxygens (including phenoxy) is 1. The van der Waals surface area contributed by atoms with Crippen LogP contribution in [0.3, 0.4) is 0 Å². The standard InChI is InChI=1S/C21H21F3NO2PS/c1-3-28(26,4-2)18-11-7-16(8-12-18)20-6-5-15-25-21(20)27-17-9-13-19(14-10-17)29(22,23)24/h5-15H,3-4H2,1-2H3. The van der Waals surface area contributed by atoms with Crippen molar-refractivity contribution in [1.82, 2.24) is 4.98 Å². The summed E-state index contributed by atoms with van der Waals surface area (Å²) in [5.41, 5.74) is 1.53. The Morgan fingerprint density at radius 2 is 1.55 bits per heavy atom. The van der Waals surface area contributed by atoms with Crippen molar-refractivity contribution in [2.24, 2.45) is 0 Å². The molecule has 0 saturated carbocycles. The van der Waals surface area contributed by atoms with E-state index >= 15 is 0 Å². The minimum atomic E-state index is -5.26. The molecule has 1 aromatic heterocycles. The van der Waals surface area contributed by atoms with Gasteiger partial charge in [0.25, 0.3) is 0 Å². The average Bonchev–Trinajstić information content (AvgIpc) is 2.73. The largest absolute Gasteiger partial charge is 0.438 e. The smallest absolute Gasteiger partial charge is 0.237 e. The van der Waals surface area contributed by atoms with Gasteiger partial charge in [-0.2, -0.15) is 0 Å². The molecule has 3 rings (SSSR count). The maximum Gasteiger partial charge on any atom is 0.237 e. The topological polar surface area (TPSA) is 39.2 Å². The van der Waals surface area contributed by atoms with E-state index in [9.17, 15) is 16.2 Å². The third kappa shape index (κ3) is 4.85. The summed E-state index contributed by atoms with van der Waals surface area (Å²) < 4.78 is 57.1. The van der Waals surface area contributed by atoms with Gasteiger partial charge in [0.15, 0.2) is 0 Å². The van der Waals surface area contributed by atoms with Crippen molar-refractivity contribution < 1.29 is 21.0 Å². The van der Waals surface area contributed by atoms with Gasteiger partial charge >= 0.3 is 0 Å². The summed E-state index contributed by atoms with van der Waals surface area (Å²) in [4.78, 5) is 3.58. The summed E-state index contributed by atoms with van der Waals surface area (Å²) in [5, 5.41) is 0.836. The second-order valence-corrected chi connectivity index (χ2v) is 11.2. The van der Waals surface area contributed by atoms with Crippen molar-refractivity contribution in [2.75, 3.05) is 12.3 Å². The molecular weight excluding hydrogens is 418 g/mol. The molecule has 0 unspecified atom stereocenters. The van der Waals surface area contributed by atoms with E-state index in [0.29, 0.717) is 23.8 Å². The van der Waals surface area contributed by atoms with E-state index in [1.165, 1.54) is 12.1 Å². The molecule has 0 spiro atoms. The Hall–Kier alpha value is -2.24. The van der Waals surface area contributed by atoms with E-state index in [4.69, 9.17) is 4.74 Å². The summed E-state index contributed by atoms with van der Waals surface area (Å²) in [6, 6.07) is 15.6. The van der Waals surface area contributed by atoms with Crippen LogP contribution in [0.4, 0.5) is 11.7 Å². The van der Waals surface area contributed by atoms with Crippen LogP contribution in [-0.2, 0) is 4.57 Å². The fraction of sp³-hybridized carbons (Fsp3) is 0.190. The summed E-state index contributed by atoms with van der Waals surface area (Å²) in [7, 11) is -2.37. The normalized spacial score (nSPS) is 12.6. The molecule has 0 aliphatic heterocycles. The first kappa shape index (κ1) is 21.5. The second-order valence-electron chi connectivity index (χ2n) is 6.40. The summed E-state index contributed by atoms with van der Waals surface area (Å²) in [6.07, 6.45) is 2.78. The highest BCUT2D eigenvalue weighted by molar-refractivity contribution is 8.20. The lowest BCUT2D eigenvalue weighted by atomic mass is 10.1. The maximum atomic E-state index is 12.9. The number of aromatic nitrogens is 1. The van der Waals surface area contributed by atoms with Crippen LogP contribution < -0.4 is 10.0 Å². The molecular formula is C21H21F3NO2PS. The minimum Gasteiger partial charge on any atom is -0.438 e. The monoisotopic (exact) mass is 439 g/mol. The van der Waals surface area contributed by atoms with Crippen molar-refractivity contribution in [3.8, 4) is 22.8 Å². The Labute approximate surface area is 170 Å². The lowest BCUT2D eigenvalue weighted by Gasteiger charge is -2.16. The van der Waals surface area contributed by atoms with E-state index in [1.54, 1.807) is 12.3 Å². The van der Waals surface area contributed by atoms with E-state index in [2.05, 4.69) is 4.98 Å². The van der Waals surface area contributed by atoms with E-state index in [-0.39, 0.29) is 5.75 Å². The van der Waals surface area contributed by atoms with Crippen LogP contribution in [0.5, 0.6) is 11.6 Å². The molecule has 0 amide bonds. The highest BCUT2D eigenvalue weighted by atomic mass is 32.3. The molecule has 0 radical (unpaired) electrons. The van der Waals surface area contributed by atoms with Crippen LogP contribution in [0.25, 0.3) is 11.1 Å². The van der Waals surface area contributed by atoms with Crippen molar-refractivity contribution in [3.05, 3.63) is 66.9 Å². The minimum absolute atomic E-state index is 0.274. The second kappa shape index (κ2) is 8.64. The third-order valence-electron chi connectivity index (χ3n) is 4.75. The zero-order valence-electron chi connectivity index (χ0n) is 16.0. The number of benzene rings is 2. The van der Waals surface area contributed by atoms with Gasteiger partial charge in [0.1, 0.15) is 12.9 Å². The average molecular weight is 439 g/mol. The van der Waals surface area contributed by atoms with Crippen LogP contribution >= 0.6 is 18.3 Å². The zero-order chi connectivity index (χ0) is 21.1. The molecule has 0 aliphatic rings. The molecule has 2 aromatic carbocycles. The summed E-state index contributed by atoms with van der Waals surface area (Å²) >= 11 is -5.26. The molecule has 0 saturated heterocycles. The Kier molecular flexibility index (Phi) is 6.39. The molecule has 0 atom stereocenters. The van der Waals surface area contributed by atoms with Gasteiger partial charge in [-0.3, -0.25) is 0 Å². The summed E-state index contributed by atoms with van der Waals surface area (Å²) in [5.74, 6) is 0.567. The van der Waals surface area contributed by atoms with Gasteiger partial charge in [0.05, 0.1) is 4.90 Å².